The zero-order chi connectivity index (χ0) is 20.6. The number of hydrogen-bond donors (Lipinski definition) is 1. The van der Waals surface area contributed by atoms with Crippen LogP contribution in [-0.2, 0) is 11.3 Å². The van der Waals surface area contributed by atoms with Gasteiger partial charge in [0.05, 0.1) is 13.2 Å². The fourth-order valence-corrected chi connectivity index (χ4v) is 4.07. The van der Waals surface area contributed by atoms with Crippen LogP contribution >= 0.6 is 0 Å². The molecule has 156 valence electrons. The molecule has 0 radical (unpaired) electrons. The van der Waals surface area contributed by atoms with Crippen LogP contribution in [0.1, 0.15) is 50.3 Å². The highest BCUT2D eigenvalue weighted by Crippen LogP contribution is 2.26. The predicted molar refractivity (Wildman–Crippen MR) is 118 cm³/mol. The van der Waals surface area contributed by atoms with Crippen LogP contribution in [0.3, 0.4) is 0 Å². The summed E-state index contributed by atoms with van der Waals surface area (Å²) in [5, 5.41) is 3.34. The molecular weight excluding hydrogens is 360 g/mol. The summed E-state index contributed by atoms with van der Waals surface area (Å²) < 4.78 is 5.27. The van der Waals surface area contributed by atoms with E-state index in [2.05, 4.69) is 66.5 Å². The zero-order valence-corrected chi connectivity index (χ0v) is 17.9. The molecule has 0 aromatic heterocycles. The molecule has 2 aromatic carbocycles. The third-order valence-corrected chi connectivity index (χ3v) is 5.75. The first kappa shape index (κ1) is 21.4. The lowest BCUT2D eigenvalue weighted by Crippen LogP contribution is -2.41. The van der Waals surface area contributed by atoms with E-state index < -0.39 is 0 Å². The Balaban J connectivity index is 1.55. The van der Waals surface area contributed by atoms with Gasteiger partial charge in [0.25, 0.3) is 0 Å². The normalized spacial score (nSPS) is 16.6. The smallest absolute Gasteiger partial charge is 0.223 e. The molecule has 4 heteroatoms. The van der Waals surface area contributed by atoms with E-state index in [0.717, 1.165) is 50.2 Å². The molecule has 1 fully saturated rings. The van der Waals surface area contributed by atoms with Gasteiger partial charge in [-0.15, -0.1) is 0 Å². The van der Waals surface area contributed by atoms with Gasteiger partial charge in [0.2, 0.25) is 5.91 Å². The monoisotopic (exact) mass is 394 g/mol. The van der Waals surface area contributed by atoms with Gasteiger partial charge >= 0.3 is 0 Å². The van der Waals surface area contributed by atoms with E-state index in [0.29, 0.717) is 5.92 Å². The van der Waals surface area contributed by atoms with E-state index in [1.54, 1.807) is 7.11 Å². The first-order chi connectivity index (χ1) is 14.0. The van der Waals surface area contributed by atoms with E-state index in [9.17, 15) is 4.79 Å². The molecule has 1 N–H and O–H groups in total. The number of nitrogens with zero attached hydrogens (tertiary/aromatic N) is 1. The minimum Gasteiger partial charge on any atom is -0.497 e. The van der Waals surface area contributed by atoms with Crippen LogP contribution < -0.4 is 10.1 Å². The second-order valence-corrected chi connectivity index (χ2v) is 8.50. The Kier molecular flexibility index (Phi) is 7.70. The van der Waals surface area contributed by atoms with Crippen molar-refractivity contribution in [3.63, 3.8) is 0 Å². The van der Waals surface area contributed by atoms with Crippen LogP contribution in [0.25, 0.3) is 0 Å². The van der Waals surface area contributed by atoms with Crippen molar-refractivity contribution in [1.82, 2.24) is 10.2 Å². The minimum atomic E-state index is 0.0516. The largest absolute Gasteiger partial charge is 0.497 e. The van der Waals surface area contributed by atoms with Gasteiger partial charge in [-0.25, -0.2) is 0 Å². The summed E-state index contributed by atoms with van der Waals surface area (Å²) in [6.45, 7) is 7.32. The van der Waals surface area contributed by atoms with Crippen molar-refractivity contribution in [3.05, 3.63) is 65.7 Å². The van der Waals surface area contributed by atoms with E-state index in [1.165, 1.54) is 5.56 Å². The van der Waals surface area contributed by atoms with Crippen LogP contribution in [0.2, 0.25) is 0 Å². The molecule has 0 saturated carbocycles. The molecule has 0 bridgehead atoms. The highest BCUT2D eigenvalue weighted by molar-refractivity contribution is 5.79. The molecule has 2 aromatic rings. The number of amides is 1. The van der Waals surface area contributed by atoms with Gasteiger partial charge in [0.15, 0.2) is 0 Å². The Morgan fingerprint density at radius 1 is 1.07 bits per heavy atom. The molecule has 1 aliphatic rings. The standard InChI is InChI=1S/C25H34N2O2/c1-19(2)17-24(21-9-11-23(29-3)12-10-21)26-25(28)22-13-15-27(16-14-22)18-20-7-5-4-6-8-20/h4-12,19,22,24H,13-18H2,1-3H3,(H,26,28)/t24-/m1/s1. The molecule has 1 heterocycles. The number of hydrogen-bond acceptors (Lipinski definition) is 3. The number of carbonyl (C=O) groups is 1. The van der Waals surface area contributed by atoms with Crippen LogP contribution in [-0.4, -0.2) is 31.0 Å². The van der Waals surface area contributed by atoms with Crippen molar-refractivity contribution in [3.8, 4) is 5.75 Å². The van der Waals surface area contributed by atoms with Crippen molar-refractivity contribution in [2.45, 2.75) is 45.7 Å². The summed E-state index contributed by atoms with van der Waals surface area (Å²) in [5.41, 5.74) is 2.49. The molecule has 0 aliphatic carbocycles. The molecular formula is C25H34N2O2. The lowest BCUT2D eigenvalue weighted by molar-refractivity contribution is -0.127. The van der Waals surface area contributed by atoms with Gasteiger partial charge in [-0.3, -0.25) is 9.69 Å². The number of piperidine rings is 1. The average molecular weight is 395 g/mol. The van der Waals surface area contributed by atoms with Crippen LogP contribution in [0.15, 0.2) is 54.6 Å². The second-order valence-electron chi connectivity index (χ2n) is 8.50. The molecule has 1 aliphatic heterocycles. The Morgan fingerprint density at radius 2 is 1.72 bits per heavy atom. The quantitative estimate of drug-likeness (QED) is 0.698. The molecule has 0 unspecified atom stereocenters. The Labute approximate surface area is 175 Å². The predicted octanol–water partition coefficient (Wildman–Crippen LogP) is 4.81. The zero-order valence-electron chi connectivity index (χ0n) is 17.9. The van der Waals surface area contributed by atoms with Crippen LogP contribution in [0.4, 0.5) is 0 Å². The first-order valence-corrected chi connectivity index (χ1v) is 10.8. The van der Waals surface area contributed by atoms with Crippen LogP contribution in [0.5, 0.6) is 5.75 Å². The lowest BCUT2D eigenvalue weighted by Gasteiger charge is -2.32. The number of nitrogens with one attached hydrogen (secondary N) is 1. The van der Waals surface area contributed by atoms with Crippen molar-refractivity contribution >= 4 is 5.91 Å². The third-order valence-electron chi connectivity index (χ3n) is 5.75. The summed E-state index contributed by atoms with van der Waals surface area (Å²) in [6, 6.07) is 18.7. The van der Waals surface area contributed by atoms with Crippen molar-refractivity contribution < 1.29 is 9.53 Å². The fraction of sp³-hybridized carbons (Fsp3) is 0.480. The second kappa shape index (κ2) is 10.4. The average Bonchev–Trinajstić information content (AvgIpc) is 2.74. The van der Waals surface area contributed by atoms with Gasteiger partial charge in [0, 0.05) is 12.5 Å². The van der Waals surface area contributed by atoms with Gasteiger partial charge in [-0.2, -0.15) is 0 Å². The van der Waals surface area contributed by atoms with E-state index in [4.69, 9.17) is 4.74 Å². The summed E-state index contributed by atoms with van der Waals surface area (Å²) in [4.78, 5) is 15.4. The maximum absolute atomic E-state index is 13.0. The lowest BCUT2D eigenvalue weighted by atomic mass is 9.92. The van der Waals surface area contributed by atoms with Gasteiger partial charge in [0.1, 0.15) is 5.75 Å². The number of methoxy groups -OCH3 is 1. The van der Waals surface area contributed by atoms with Crippen molar-refractivity contribution in [2.75, 3.05) is 20.2 Å². The van der Waals surface area contributed by atoms with Gasteiger partial charge < -0.3 is 10.1 Å². The number of likely N-dealkylation sites (tertiary alicyclic amines) is 1. The molecule has 0 spiro atoms. The number of ether oxygens (including phenoxy) is 1. The maximum Gasteiger partial charge on any atom is 0.223 e. The molecule has 1 saturated heterocycles. The maximum atomic E-state index is 13.0. The van der Waals surface area contributed by atoms with Crippen molar-refractivity contribution in [2.24, 2.45) is 11.8 Å². The summed E-state index contributed by atoms with van der Waals surface area (Å²) in [6.07, 6.45) is 2.79. The van der Waals surface area contributed by atoms with Crippen LogP contribution in [0, 0.1) is 11.8 Å². The Bertz CT molecular complexity index is 750. The SMILES string of the molecule is COc1ccc([C@@H](CC(C)C)NC(=O)C2CCN(Cc3ccccc3)CC2)cc1. The van der Waals surface area contributed by atoms with Crippen molar-refractivity contribution in [1.29, 1.82) is 0 Å². The summed E-state index contributed by atoms with van der Waals surface area (Å²) in [7, 11) is 1.67. The molecule has 1 amide bonds. The van der Waals surface area contributed by atoms with Gasteiger partial charge in [-0.05, 0) is 61.5 Å². The highest BCUT2D eigenvalue weighted by Gasteiger charge is 2.27. The topological polar surface area (TPSA) is 41.6 Å². The molecule has 4 nitrogen and oxygen atoms in total. The Morgan fingerprint density at radius 3 is 2.31 bits per heavy atom. The number of carbonyl (C=O) groups excluding carboxylic acids is 1. The highest BCUT2D eigenvalue weighted by atomic mass is 16.5. The Hall–Kier alpha value is -2.33. The fourth-order valence-electron chi connectivity index (χ4n) is 4.07. The molecule has 3 rings (SSSR count). The van der Waals surface area contributed by atoms with E-state index >= 15 is 0 Å². The molecule has 1 atom stereocenters. The number of rotatable bonds is 8. The van der Waals surface area contributed by atoms with E-state index in [1.807, 2.05) is 12.1 Å². The molecule has 29 heavy (non-hydrogen) atoms. The first-order valence-electron chi connectivity index (χ1n) is 10.8. The minimum absolute atomic E-state index is 0.0516. The summed E-state index contributed by atoms with van der Waals surface area (Å²) in [5.74, 6) is 1.66. The summed E-state index contributed by atoms with van der Waals surface area (Å²) >= 11 is 0. The van der Waals surface area contributed by atoms with Gasteiger partial charge in [-0.1, -0.05) is 56.3 Å². The third kappa shape index (κ3) is 6.33. The van der Waals surface area contributed by atoms with E-state index in [-0.39, 0.29) is 17.9 Å². The number of benzene rings is 2.